The number of rotatable bonds is 3. The van der Waals surface area contributed by atoms with Gasteiger partial charge in [0.1, 0.15) is 0 Å². The Morgan fingerprint density at radius 2 is 2.17 bits per heavy atom. The van der Waals surface area contributed by atoms with Crippen LogP contribution in [-0.2, 0) is 14.3 Å². The molecule has 0 aromatic rings. The second-order valence-electron chi connectivity index (χ2n) is 6.57. The molecule has 102 valence electrons. The van der Waals surface area contributed by atoms with Crippen molar-refractivity contribution in [3.05, 3.63) is 0 Å². The zero-order valence-electron chi connectivity index (χ0n) is 11.6. The molecule has 4 nitrogen and oxygen atoms in total. The molecule has 0 saturated carbocycles. The number of likely N-dealkylation sites (tertiary alicyclic amines) is 1. The summed E-state index contributed by atoms with van der Waals surface area (Å²) in [5.74, 6) is 0.654. The Labute approximate surface area is 109 Å². The lowest BCUT2D eigenvalue weighted by atomic mass is 9.80. The van der Waals surface area contributed by atoms with E-state index in [2.05, 4.69) is 20.8 Å². The van der Waals surface area contributed by atoms with Crippen LogP contribution in [0.25, 0.3) is 0 Å². The van der Waals surface area contributed by atoms with Crippen LogP contribution in [0.1, 0.15) is 33.6 Å². The maximum absolute atomic E-state index is 12.0. The summed E-state index contributed by atoms with van der Waals surface area (Å²) in [7, 11) is 0. The van der Waals surface area contributed by atoms with E-state index < -0.39 is 0 Å². The molecule has 18 heavy (non-hydrogen) atoms. The summed E-state index contributed by atoms with van der Waals surface area (Å²) in [4.78, 5) is 25.7. The van der Waals surface area contributed by atoms with Crippen LogP contribution in [-0.4, -0.2) is 42.9 Å². The predicted molar refractivity (Wildman–Crippen MR) is 68.1 cm³/mol. The van der Waals surface area contributed by atoms with Crippen LogP contribution in [0.4, 0.5) is 0 Å². The second-order valence-corrected chi connectivity index (χ2v) is 6.57. The molecule has 2 heterocycles. The van der Waals surface area contributed by atoms with Crippen molar-refractivity contribution in [1.82, 2.24) is 4.90 Å². The van der Waals surface area contributed by atoms with Crippen molar-refractivity contribution in [1.29, 1.82) is 0 Å². The number of carbonyl (C=O) groups excluding carboxylic acids is 2. The molecule has 0 bridgehead atoms. The highest BCUT2D eigenvalue weighted by atomic mass is 16.5. The number of Topliss-reactive ketones (excluding diaryl/α,β-unsaturated/α-hetero) is 1. The van der Waals surface area contributed by atoms with Crippen LogP contribution in [0.15, 0.2) is 0 Å². The molecule has 2 aliphatic rings. The van der Waals surface area contributed by atoms with Gasteiger partial charge >= 0.3 is 0 Å². The Hall–Kier alpha value is -0.900. The van der Waals surface area contributed by atoms with Crippen molar-refractivity contribution in [2.24, 2.45) is 17.3 Å². The Morgan fingerprint density at radius 3 is 2.67 bits per heavy atom. The first-order valence-electron chi connectivity index (χ1n) is 6.76. The van der Waals surface area contributed by atoms with E-state index in [1.54, 1.807) is 4.90 Å². The quantitative estimate of drug-likeness (QED) is 0.765. The van der Waals surface area contributed by atoms with E-state index >= 15 is 0 Å². The summed E-state index contributed by atoms with van der Waals surface area (Å²) in [6.45, 7) is 8.67. The molecule has 0 aromatic heterocycles. The Balaban J connectivity index is 1.90. The van der Waals surface area contributed by atoms with E-state index in [4.69, 9.17) is 4.74 Å². The van der Waals surface area contributed by atoms with Gasteiger partial charge in [-0.2, -0.15) is 0 Å². The fraction of sp³-hybridized carbons (Fsp3) is 0.857. The van der Waals surface area contributed by atoms with Crippen molar-refractivity contribution in [3.8, 4) is 0 Å². The standard InChI is InChI=1S/C14H23NO3/c1-14(2,3)11-6-13(17)15(7-11)8-12(16)10-4-5-18-9-10/h10-11H,4-9H2,1-3H3. The van der Waals surface area contributed by atoms with E-state index in [-0.39, 0.29) is 29.6 Å². The zero-order chi connectivity index (χ0) is 13.3. The highest BCUT2D eigenvalue weighted by molar-refractivity contribution is 5.88. The van der Waals surface area contributed by atoms with Gasteiger partial charge in [-0.15, -0.1) is 0 Å². The van der Waals surface area contributed by atoms with Crippen LogP contribution < -0.4 is 0 Å². The summed E-state index contributed by atoms with van der Waals surface area (Å²) >= 11 is 0. The SMILES string of the molecule is CC(C)(C)C1CC(=O)N(CC(=O)C2CCOC2)C1. The molecule has 0 radical (unpaired) electrons. The first kappa shape index (κ1) is 13.5. The van der Waals surface area contributed by atoms with Crippen LogP contribution in [0.3, 0.4) is 0 Å². The Bertz CT molecular complexity index is 339. The molecule has 2 aliphatic heterocycles. The normalized spacial score (nSPS) is 29.1. The summed E-state index contributed by atoms with van der Waals surface area (Å²) < 4.78 is 5.22. The average molecular weight is 253 g/mol. The summed E-state index contributed by atoms with van der Waals surface area (Å²) in [6, 6.07) is 0. The van der Waals surface area contributed by atoms with Crippen molar-refractivity contribution >= 4 is 11.7 Å². The van der Waals surface area contributed by atoms with E-state index in [1.165, 1.54) is 0 Å². The number of ether oxygens (including phenoxy) is 1. The second kappa shape index (κ2) is 5.00. The fourth-order valence-corrected chi connectivity index (χ4v) is 2.61. The van der Waals surface area contributed by atoms with Gasteiger partial charge in [0.15, 0.2) is 5.78 Å². The fourth-order valence-electron chi connectivity index (χ4n) is 2.61. The minimum Gasteiger partial charge on any atom is -0.381 e. The van der Waals surface area contributed by atoms with Gasteiger partial charge in [-0.25, -0.2) is 0 Å². The number of nitrogens with zero attached hydrogens (tertiary/aromatic N) is 1. The van der Waals surface area contributed by atoms with Gasteiger partial charge in [0.25, 0.3) is 0 Å². The van der Waals surface area contributed by atoms with Gasteiger partial charge in [-0.1, -0.05) is 20.8 Å². The van der Waals surface area contributed by atoms with Crippen LogP contribution in [0, 0.1) is 17.3 Å². The van der Waals surface area contributed by atoms with Crippen LogP contribution in [0.5, 0.6) is 0 Å². The molecular weight excluding hydrogens is 230 g/mol. The Morgan fingerprint density at radius 1 is 1.44 bits per heavy atom. The molecule has 4 heteroatoms. The molecule has 0 spiro atoms. The zero-order valence-corrected chi connectivity index (χ0v) is 11.6. The molecule has 2 fully saturated rings. The largest absolute Gasteiger partial charge is 0.381 e. The maximum Gasteiger partial charge on any atom is 0.223 e. The van der Waals surface area contributed by atoms with Crippen molar-refractivity contribution in [2.75, 3.05) is 26.3 Å². The molecule has 2 rings (SSSR count). The van der Waals surface area contributed by atoms with Crippen LogP contribution >= 0.6 is 0 Å². The first-order valence-corrected chi connectivity index (χ1v) is 6.76. The number of amides is 1. The van der Waals surface area contributed by atoms with Gasteiger partial charge in [-0.05, 0) is 17.8 Å². The number of hydrogen-bond donors (Lipinski definition) is 0. The van der Waals surface area contributed by atoms with E-state index in [1.807, 2.05) is 0 Å². The van der Waals surface area contributed by atoms with Gasteiger partial charge in [0, 0.05) is 25.5 Å². The highest BCUT2D eigenvalue weighted by Crippen LogP contribution is 2.34. The first-order chi connectivity index (χ1) is 8.38. The molecule has 2 atom stereocenters. The smallest absolute Gasteiger partial charge is 0.223 e. The van der Waals surface area contributed by atoms with Crippen LogP contribution in [0.2, 0.25) is 0 Å². The molecule has 0 N–H and O–H groups in total. The summed E-state index contributed by atoms with van der Waals surface area (Å²) in [5.41, 5.74) is 0.129. The number of ketones is 1. The molecule has 2 saturated heterocycles. The van der Waals surface area contributed by atoms with E-state index in [0.29, 0.717) is 25.6 Å². The predicted octanol–water partition coefficient (Wildman–Crippen LogP) is 1.49. The minimum absolute atomic E-state index is 0.00601. The molecule has 0 aromatic carbocycles. The monoisotopic (exact) mass is 253 g/mol. The average Bonchev–Trinajstić information content (AvgIpc) is 2.87. The lowest BCUT2D eigenvalue weighted by molar-refractivity contribution is -0.133. The number of hydrogen-bond acceptors (Lipinski definition) is 3. The molecule has 1 amide bonds. The third kappa shape index (κ3) is 2.91. The molecule has 0 aliphatic carbocycles. The lowest BCUT2D eigenvalue weighted by Gasteiger charge is -2.26. The van der Waals surface area contributed by atoms with Gasteiger partial charge in [0.05, 0.1) is 13.2 Å². The Kier molecular flexibility index (Phi) is 3.76. The maximum atomic E-state index is 12.0. The van der Waals surface area contributed by atoms with E-state index in [0.717, 1.165) is 13.0 Å². The molecule has 2 unspecified atom stereocenters. The van der Waals surface area contributed by atoms with Crippen molar-refractivity contribution in [2.45, 2.75) is 33.6 Å². The van der Waals surface area contributed by atoms with E-state index in [9.17, 15) is 9.59 Å². The summed E-state index contributed by atoms with van der Waals surface area (Å²) in [5, 5.41) is 0. The summed E-state index contributed by atoms with van der Waals surface area (Å²) in [6.07, 6.45) is 1.39. The van der Waals surface area contributed by atoms with Gasteiger partial charge in [-0.3, -0.25) is 9.59 Å². The molecular formula is C14H23NO3. The topological polar surface area (TPSA) is 46.6 Å². The van der Waals surface area contributed by atoms with Crippen molar-refractivity contribution in [3.63, 3.8) is 0 Å². The number of carbonyl (C=O) groups is 2. The van der Waals surface area contributed by atoms with Gasteiger partial charge < -0.3 is 9.64 Å². The van der Waals surface area contributed by atoms with Gasteiger partial charge in [0.2, 0.25) is 5.91 Å². The third-order valence-electron chi connectivity index (χ3n) is 4.17. The minimum atomic E-state index is 0.00601. The highest BCUT2D eigenvalue weighted by Gasteiger charge is 2.38. The third-order valence-corrected chi connectivity index (χ3v) is 4.17. The van der Waals surface area contributed by atoms with Crippen molar-refractivity contribution < 1.29 is 14.3 Å². The lowest BCUT2D eigenvalue weighted by Crippen LogP contribution is -2.35.